The van der Waals surface area contributed by atoms with Gasteiger partial charge in [0.05, 0.1) is 5.54 Å². The smallest absolute Gasteiger partial charge is 0.242 e. The molecule has 1 amide bonds. The molecule has 1 heterocycles. The lowest BCUT2D eigenvalue weighted by Crippen LogP contribution is -2.46. The van der Waals surface area contributed by atoms with Gasteiger partial charge in [0, 0.05) is 19.1 Å². The molecule has 0 aromatic carbocycles. The van der Waals surface area contributed by atoms with Crippen molar-refractivity contribution < 1.29 is 4.79 Å². The molecular formula is C12H23N3O. The van der Waals surface area contributed by atoms with Crippen molar-refractivity contribution in [1.82, 2.24) is 9.80 Å². The van der Waals surface area contributed by atoms with E-state index in [2.05, 4.69) is 18.7 Å². The van der Waals surface area contributed by atoms with Crippen LogP contribution < -0.4 is 5.73 Å². The highest BCUT2D eigenvalue weighted by molar-refractivity contribution is 5.89. The van der Waals surface area contributed by atoms with Crippen LogP contribution in [0.15, 0.2) is 0 Å². The Morgan fingerprint density at radius 2 is 2.06 bits per heavy atom. The molecule has 2 N–H and O–H groups in total. The third kappa shape index (κ3) is 2.09. The quantitative estimate of drug-likeness (QED) is 0.754. The van der Waals surface area contributed by atoms with Crippen LogP contribution in [0.5, 0.6) is 0 Å². The first-order valence-electron chi connectivity index (χ1n) is 6.43. The molecule has 1 saturated heterocycles. The van der Waals surface area contributed by atoms with E-state index in [0.717, 1.165) is 45.4 Å². The van der Waals surface area contributed by atoms with Gasteiger partial charge in [-0.25, -0.2) is 0 Å². The molecule has 1 unspecified atom stereocenters. The largest absolute Gasteiger partial charge is 0.339 e. The summed E-state index contributed by atoms with van der Waals surface area (Å²) in [5.41, 5.74) is 5.46. The summed E-state index contributed by atoms with van der Waals surface area (Å²) in [5.74, 6) is 0.183. The lowest BCUT2D eigenvalue weighted by molar-refractivity contribution is -0.132. The first kappa shape index (κ1) is 11.9. The zero-order valence-electron chi connectivity index (χ0n) is 10.4. The van der Waals surface area contributed by atoms with Gasteiger partial charge in [0.15, 0.2) is 0 Å². The first-order chi connectivity index (χ1) is 7.60. The van der Waals surface area contributed by atoms with E-state index in [-0.39, 0.29) is 5.91 Å². The molecule has 16 heavy (non-hydrogen) atoms. The Labute approximate surface area is 97.8 Å². The van der Waals surface area contributed by atoms with Crippen LogP contribution >= 0.6 is 0 Å². The van der Waals surface area contributed by atoms with Crippen molar-refractivity contribution >= 4 is 5.91 Å². The Hall–Kier alpha value is -0.610. The lowest BCUT2D eigenvalue weighted by atomic mass is 10.2. The van der Waals surface area contributed by atoms with E-state index >= 15 is 0 Å². The molecule has 0 aromatic rings. The molecule has 0 spiro atoms. The normalized spacial score (nSPS) is 27.5. The van der Waals surface area contributed by atoms with Crippen LogP contribution in [-0.2, 0) is 4.79 Å². The summed E-state index contributed by atoms with van der Waals surface area (Å²) in [4.78, 5) is 16.5. The number of hydrogen-bond acceptors (Lipinski definition) is 3. The zero-order chi connectivity index (χ0) is 11.8. The van der Waals surface area contributed by atoms with Gasteiger partial charge in [-0.1, -0.05) is 13.8 Å². The number of nitrogens with zero attached hydrogens (tertiary/aromatic N) is 2. The fraction of sp³-hybridized carbons (Fsp3) is 0.917. The Morgan fingerprint density at radius 3 is 2.56 bits per heavy atom. The average Bonchev–Trinajstić information content (AvgIpc) is 2.86. The van der Waals surface area contributed by atoms with Crippen molar-refractivity contribution in [3.8, 4) is 0 Å². The highest BCUT2D eigenvalue weighted by Crippen LogP contribution is 2.35. The minimum Gasteiger partial charge on any atom is -0.339 e. The van der Waals surface area contributed by atoms with Crippen LogP contribution in [0, 0.1) is 0 Å². The van der Waals surface area contributed by atoms with E-state index in [1.807, 2.05) is 4.90 Å². The molecule has 2 fully saturated rings. The SMILES string of the molecule is CCN(CC)C1CCN(C(=O)C2(N)CC2)C1. The molecule has 1 atom stereocenters. The standard InChI is InChI=1S/C12H23N3O/c1-3-14(4-2)10-5-8-15(9-10)11(16)12(13)6-7-12/h10H,3-9,13H2,1-2H3. The number of carbonyl (C=O) groups is 1. The monoisotopic (exact) mass is 225 g/mol. The van der Waals surface area contributed by atoms with Gasteiger partial charge in [-0.05, 0) is 32.4 Å². The first-order valence-corrected chi connectivity index (χ1v) is 6.43. The van der Waals surface area contributed by atoms with Gasteiger partial charge < -0.3 is 10.6 Å². The van der Waals surface area contributed by atoms with Gasteiger partial charge in [0.1, 0.15) is 0 Å². The van der Waals surface area contributed by atoms with E-state index in [1.165, 1.54) is 0 Å². The van der Waals surface area contributed by atoms with Crippen molar-refractivity contribution in [1.29, 1.82) is 0 Å². The molecule has 1 aliphatic carbocycles. The Bertz CT molecular complexity index is 271. The second-order valence-electron chi connectivity index (χ2n) is 5.07. The maximum Gasteiger partial charge on any atom is 0.242 e. The average molecular weight is 225 g/mol. The summed E-state index contributed by atoms with van der Waals surface area (Å²) in [6.07, 6.45) is 2.85. The molecule has 0 bridgehead atoms. The number of likely N-dealkylation sites (N-methyl/N-ethyl adjacent to an activating group) is 1. The van der Waals surface area contributed by atoms with E-state index in [0.29, 0.717) is 6.04 Å². The molecular weight excluding hydrogens is 202 g/mol. The summed E-state index contributed by atoms with van der Waals surface area (Å²) >= 11 is 0. The van der Waals surface area contributed by atoms with Crippen LogP contribution in [0.3, 0.4) is 0 Å². The molecule has 0 aromatic heterocycles. The van der Waals surface area contributed by atoms with Crippen LogP contribution in [0.1, 0.15) is 33.1 Å². The van der Waals surface area contributed by atoms with Gasteiger partial charge in [-0.2, -0.15) is 0 Å². The summed E-state index contributed by atoms with van der Waals surface area (Å²) in [6, 6.07) is 0.543. The van der Waals surface area contributed by atoms with Gasteiger partial charge in [-0.15, -0.1) is 0 Å². The Balaban J connectivity index is 1.90. The van der Waals surface area contributed by atoms with E-state index in [4.69, 9.17) is 5.73 Å². The topological polar surface area (TPSA) is 49.6 Å². The van der Waals surface area contributed by atoms with E-state index in [1.54, 1.807) is 0 Å². The maximum atomic E-state index is 12.1. The summed E-state index contributed by atoms with van der Waals surface area (Å²) in [5, 5.41) is 0. The Kier molecular flexibility index (Phi) is 3.22. The maximum absolute atomic E-state index is 12.1. The minimum absolute atomic E-state index is 0.183. The molecule has 1 aliphatic heterocycles. The fourth-order valence-corrected chi connectivity index (χ4v) is 2.63. The van der Waals surface area contributed by atoms with Crippen molar-refractivity contribution in [3.63, 3.8) is 0 Å². The fourth-order valence-electron chi connectivity index (χ4n) is 2.63. The van der Waals surface area contributed by atoms with Gasteiger partial charge >= 0.3 is 0 Å². The number of hydrogen-bond donors (Lipinski definition) is 1. The molecule has 4 heteroatoms. The van der Waals surface area contributed by atoms with Crippen LogP contribution in [-0.4, -0.2) is 53.5 Å². The second-order valence-corrected chi connectivity index (χ2v) is 5.07. The third-order valence-corrected chi connectivity index (χ3v) is 3.99. The summed E-state index contributed by atoms with van der Waals surface area (Å²) in [7, 11) is 0. The predicted molar refractivity (Wildman–Crippen MR) is 64.1 cm³/mol. The molecule has 2 aliphatic rings. The number of rotatable bonds is 4. The van der Waals surface area contributed by atoms with Crippen molar-refractivity contribution in [2.45, 2.75) is 44.7 Å². The van der Waals surface area contributed by atoms with Crippen LogP contribution in [0.4, 0.5) is 0 Å². The van der Waals surface area contributed by atoms with E-state index < -0.39 is 5.54 Å². The molecule has 4 nitrogen and oxygen atoms in total. The Morgan fingerprint density at radius 1 is 1.44 bits per heavy atom. The van der Waals surface area contributed by atoms with Crippen molar-refractivity contribution in [2.24, 2.45) is 5.73 Å². The van der Waals surface area contributed by atoms with Crippen LogP contribution in [0.2, 0.25) is 0 Å². The molecule has 2 rings (SSSR count). The number of nitrogens with two attached hydrogens (primary N) is 1. The summed E-state index contributed by atoms with van der Waals surface area (Å²) < 4.78 is 0. The number of amides is 1. The minimum atomic E-state index is -0.488. The number of carbonyl (C=O) groups excluding carboxylic acids is 1. The second kappa shape index (κ2) is 4.34. The lowest BCUT2D eigenvalue weighted by Gasteiger charge is -2.26. The van der Waals surface area contributed by atoms with Crippen molar-refractivity contribution in [3.05, 3.63) is 0 Å². The predicted octanol–water partition coefficient (Wildman–Crippen LogP) is 0.420. The van der Waals surface area contributed by atoms with Gasteiger partial charge in [-0.3, -0.25) is 9.69 Å². The molecule has 1 saturated carbocycles. The van der Waals surface area contributed by atoms with E-state index in [9.17, 15) is 4.79 Å². The van der Waals surface area contributed by atoms with Crippen molar-refractivity contribution in [2.75, 3.05) is 26.2 Å². The van der Waals surface area contributed by atoms with Gasteiger partial charge in [0.2, 0.25) is 5.91 Å². The van der Waals surface area contributed by atoms with Gasteiger partial charge in [0.25, 0.3) is 0 Å². The zero-order valence-corrected chi connectivity index (χ0v) is 10.4. The number of likely N-dealkylation sites (tertiary alicyclic amines) is 1. The highest BCUT2D eigenvalue weighted by Gasteiger charge is 2.49. The van der Waals surface area contributed by atoms with Crippen LogP contribution in [0.25, 0.3) is 0 Å². The highest BCUT2D eigenvalue weighted by atomic mass is 16.2. The molecule has 0 radical (unpaired) electrons. The third-order valence-electron chi connectivity index (χ3n) is 3.99. The summed E-state index contributed by atoms with van der Waals surface area (Å²) in [6.45, 7) is 8.25. The molecule has 92 valence electrons.